The minimum atomic E-state index is -4.81. The van der Waals surface area contributed by atoms with Crippen LogP contribution in [0.15, 0.2) is 81.3 Å². The Hall–Kier alpha value is -4.69. The number of ether oxygens (including phenoxy) is 2. The highest BCUT2D eigenvalue weighted by molar-refractivity contribution is 6.00. The van der Waals surface area contributed by atoms with Crippen LogP contribution in [0.5, 0.6) is 0 Å². The summed E-state index contributed by atoms with van der Waals surface area (Å²) in [7, 11) is 0. The van der Waals surface area contributed by atoms with Gasteiger partial charge in [0.05, 0.1) is 35.8 Å². The molecule has 9 nitrogen and oxygen atoms in total. The Balaban J connectivity index is 1.49. The van der Waals surface area contributed by atoms with Gasteiger partial charge in [0.25, 0.3) is 5.91 Å². The number of dihydropyridines is 1. The Morgan fingerprint density at radius 1 is 0.886 bits per heavy atom. The Kier molecular flexibility index (Phi) is 8.88. The first-order valence-corrected chi connectivity index (χ1v) is 13.2. The van der Waals surface area contributed by atoms with Gasteiger partial charge in [-0.2, -0.15) is 26.3 Å². The van der Waals surface area contributed by atoms with Crippen molar-refractivity contribution in [3.05, 3.63) is 93.3 Å². The van der Waals surface area contributed by atoms with E-state index in [-0.39, 0.29) is 52.4 Å². The largest absolute Gasteiger partial charge is 0.463 e. The molecule has 1 atom stereocenters. The van der Waals surface area contributed by atoms with Gasteiger partial charge in [0.2, 0.25) is 0 Å². The lowest BCUT2D eigenvalue weighted by Crippen LogP contribution is -2.34. The molecule has 0 bridgehead atoms. The molecule has 2 aliphatic heterocycles. The van der Waals surface area contributed by atoms with Gasteiger partial charge in [-0.05, 0) is 44.5 Å². The van der Waals surface area contributed by atoms with Gasteiger partial charge in [-0.1, -0.05) is 30.3 Å². The molecule has 4 rings (SSSR count). The summed E-state index contributed by atoms with van der Waals surface area (Å²) in [4.78, 5) is 38.8. The average Bonchev–Trinajstić information content (AvgIpc) is 3.77. The molecule has 0 aliphatic carbocycles. The molecule has 0 radical (unpaired) electrons. The van der Waals surface area contributed by atoms with E-state index < -0.39 is 53.9 Å². The number of alkyl halides is 6. The Labute approximate surface area is 247 Å². The number of hydrogen-bond acceptors (Lipinski definition) is 8. The molecule has 0 spiro atoms. The van der Waals surface area contributed by atoms with Crippen molar-refractivity contribution in [3.8, 4) is 0 Å². The van der Waals surface area contributed by atoms with Gasteiger partial charge in [0, 0.05) is 22.5 Å². The number of esters is 2. The first kappa shape index (κ1) is 32.2. The highest BCUT2D eigenvalue weighted by atomic mass is 19.4. The fourth-order valence-corrected chi connectivity index (χ4v) is 4.85. The minimum absolute atomic E-state index is 0.0107. The molecule has 0 saturated carbocycles. The van der Waals surface area contributed by atoms with Crippen LogP contribution in [0.4, 0.5) is 26.3 Å². The summed E-state index contributed by atoms with van der Waals surface area (Å²) in [5.74, 6) is -4.13. The number of amides is 1. The quantitative estimate of drug-likeness (QED) is 0.211. The van der Waals surface area contributed by atoms with Gasteiger partial charge in [0.15, 0.2) is 0 Å². The second kappa shape index (κ2) is 12.1. The van der Waals surface area contributed by atoms with Gasteiger partial charge in [-0.15, -0.1) is 10.2 Å². The zero-order valence-electron chi connectivity index (χ0n) is 23.5. The van der Waals surface area contributed by atoms with Gasteiger partial charge >= 0.3 is 30.0 Å². The van der Waals surface area contributed by atoms with E-state index in [2.05, 4.69) is 20.9 Å². The van der Waals surface area contributed by atoms with Crippen LogP contribution in [0, 0.1) is 0 Å². The zero-order valence-corrected chi connectivity index (χ0v) is 23.5. The maximum atomic E-state index is 14.0. The maximum Gasteiger partial charge on any atom is 0.442 e. The summed E-state index contributed by atoms with van der Waals surface area (Å²) in [5.41, 5.74) is -4.39. The van der Waals surface area contributed by atoms with Crippen LogP contribution in [0.1, 0.15) is 53.7 Å². The SMILES string of the molecule is CCOC(=O)C1=C(C)NC(C)=C(C(=O)OCCNC(=O)c2ccc(C3(C(F)(F)F)N=N3)cc2)C1c1ccccc1C(F)(F)F. The molecule has 0 saturated heterocycles. The molecule has 234 valence electrons. The highest BCUT2D eigenvalue weighted by Gasteiger charge is 2.65. The second-order valence-corrected chi connectivity index (χ2v) is 9.78. The van der Waals surface area contributed by atoms with Gasteiger partial charge in [-0.25, -0.2) is 9.59 Å². The number of nitrogens with zero attached hydrogens (tertiary/aromatic N) is 2. The maximum absolute atomic E-state index is 14.0. The Bertz CT molecular complexity index is 1560. The predicted octanol–water partition coefficient (Wildman–Crippen LogP) is 5.66. The molecule has 1 amide bonds. The van der Waals surface area contributed by atoms with Gasteiger partial charge in [0.1, 0.15) is 6.61 Å². The molecular formula is C29H26F6N4O5. The lowest BCUT2D eigenvalue weighted by molar-refractivity contribution is -0.166. The number of carbonyl (C=O) groups is 3. The van der Waals surface area contributed by atoms with Crippen molar-refractivity contribution in [2.75, 3.05) is 19.8 Å². The summed E-state index contributed by atoms with van der Waals surface area (Å²) in [6.45, 7) is 3.72. The van der Waals surface area contributed by atoms with E-state index >= 15 is 0 Å². The third-order valence-corrected chi connectivity index (χ3v) is 6.92. The molecule has 2 N–H and O–H groups in total. The molecule has 2 aliphatic rings. The summed E-state index contributed by atoms with van der Waals surface area (Å²) in [6, 6.07) is 9.00. The zero-order chi connectivity index (χ0) is 32.4. The molecular weight excluding hydrogens is 598 g/mol. The number of benzene rings is 2. The Morgan fingerprint density at radius 2 is 1.45 bits per heavy atom. The summed E-state index contributed by atoms with van der Waals surface area (Å²) in [5, 5.41) is 11.5. The van der Waals surface area contributed by atoms with E-state index in [1.807, 2.05) is 0 Å². The lowest BCUT2D eigenvalue weighted by Gasteiger charge is -2.31. The van der Waals surface area contributed by atoms with Gasteiger partial charge < -0.3 is 20.1 Å². The van der Waals surface area contributed by atoms with Crippen LogP contribution in [-0.4, -0.2) is 43.8 Å². The third kappa shape index (κ3) is 6.31. The van der Waals surface area contributed by atoms with E-state index in [0.29, 0.717) is 0 Å². The molecule has 2 heterocycles. The molecule has 15 heteroatoms. The van der Waals surface area contributed by atoms with Crippen molar-refractivity contribution < 1.29 is 50.2 Å². The fraction of sp³-hybridized carbons (Fsp3) is 0.345. The number of allylic oxidation sites excluding steroid dienone is 2. The summed E-state index contributed by atoms with van der Waals surface area (Å²) in [6.07, 6.45) is -9.53. The molecule has 44 heavy (non-hydrogen) atoms. The normalized spacial score (nSPS) is 17.6. The van der Waals surface area contributed by atoms with E-state index in [1.165, 1.54) is 39.0 Å². The van der Waals surface area contributed by atoms with Gasteiger partial charge in [-0.3, -0.25) is 4.79 Å². The smallest absolute Gasteiger partial charge is 0.442 e. The predicted molar refractivity (Wildman–Crippen MR) is 142 cm³/mol. The van der Waals surface area contributed by atoms with Crippen LogP contribution in [0.3, 0.4) is 0 Å². The molecule has 0 aromatic heterocycles. The topological polar surface area (TPSA) is 118 Å². The number of rotatable bonds is 9. The van der Waals surface area contributed by atoms with Crippen LogP contribution < -0.4 is 10.6 Å². The van der Waals surface area contributed by atoms with E-state index in [1.54, 1.807) is 0 Å². The van der Waals surface area contributed by atoms with E-state index in [4.69, 9.17) is 9.47 Å². The Morgan fingerprint density at radius 3 is 1.98 bits per heavy atom. The van der Waals surface area contributed by atoms with E-state index in [0.717, 1.165) is 30.3 Å². The molecule has 2 aromatic carbocycles. The molecule has 2 aromatic rings. The van der Waals surface area contributed by atoms with Crippen LogP contribution in [0.25, 0.3) is 0 Å². The standard InChI is InChI=1S/C29H26F6N4O5/c1-4-43-25(41)21-15(2)37-16(3)22(23(21)19-7-5-6-8-20(19)28(30,31)32)26(42)44-14-13-36-24(40)17-9-11-18(12-10-17)27(38-39-27)29(33,34)35/h5-12,23,37H,4,13-14H2,1-3H3,(H,36,40). The average molecular weight is 625 g/mol. The van der Waals surface area contributed by atoms with Crippen molar-refractivity contribution in [2.45, 2.75) is 44.7 Å². The number of nitrogens with one attached hydrogen (secondary N) is 2. The summed E-state index contributed by atoms with van der Waals surface area (Å²) < 4.78 is 92.0. The second-order valence-electron chi connectivity index (χ2n) is 9.78. The van der Waals surface area contributed by atoms with Crippen LogP contribution in [-0.2, 0) is 30.9 Å². The first-order valence-electron chi connectivity index (χ1n) is 13.2. The van der Waals surface area contributed by atoms with E-state index in [9.17, 15) is 40.7 Å². The van der Waals surface area contributed by atoms with Crippen LogP contribution >= 0.6 is 0 Å². The number of hydrogen-bond donors (Lipinski definition) is 2. The highest BCUT2D eigenvalue weighted by Crippen LogP contribution is 2.52. The number of halogens is 6. The van der Waals surface area contributed by atoms with Crippen molar-refractivity contribution >= 4 is 17.8 Å². The molecule has 1 unspecified atom stereocenters. The summed E-state index contributed by atoms with van der Waals surface area (Å²) >= 11 is 0. The number of carbonyl (C=O) groups excluding carboxylic acids is 3. The van der Waals surface area contributed by atoms with Crippen molar-refractivity contribution in [1.29, 1.82) is 0 Å². The van der Waals surface area contributed by atoms with Crippen molar-refractivity contribution in [3.63, 3.8) is 0 Å². The monoisotopic (exact) mass is 624 g/mol. The van der Waals surface area contributed by atoms with Crippen molar-refractivity contribution in [1.82, 2.24) is 10.6 Å². The fourth-order valence-electron chi connectivity index (χ4n) is 4.85. The lowest BCUT2D eigenvalue weighted by atomic mass is 9.78. The molecule has 0 fully saturated rings. The van der Waals surface area contributed by atoms with Crippen LogP contribution in [0.2, 0.25) is 0 Å². The van der Waals surface area contributed by atoms with Crippen molar-refractivity contribution in [2.24, 2.45) is 10.2 Å². The first-order chi connectivity index (χ1) is 20.6. The third-order valence-electron chi connectivity index (χ3n) is 6.92. The minimum Gasteiger partial charge on any atom is -0.463 e.